The second kappa shape index (κ2) is 10.3. The molecule has 3 rings (SSSR count). The molecule has 1 saturated carbocycles. The number of hydrogen-bond donors (Lipinski definition) is 1. The number of carbonyl (C=O) groups is 2. The molecule has 1 aromatic heterocycles. The van der Waals surface area contributed by atoms with Gasteiger partial charge in [0.1, 0.15) is 18.9 Å². The van der Waals surface area contributed by atoms with E-state index >= 15 is 0 Å². The fourth-order valence-electron chi connectivity index (χ4n) is 4.51. The highest BCUT2D eigenvalue weighted by Gasteiger charge is 2.41. The van der Waals surface area contributed by atoms with Gasteiger partial charge in [-0.2, -0.15) is 0 Å². The van der Waals surface area contributed by atoms with Crippen molar-refractivity contribution in [1.82, 2.24) is 10.2 Å². The summed E-state index contributed by atoms with van der Waals surface area (Å²) in [5.41, 5.74) is 0.379. The van der Waals surface area contributed by atoms with Crippen LogP contribution in [0.25, 0.3) is 0 Å². The fourth-order valence-corrected chi connectivity index (χ4v) is 4.77. The topological polar surface area (TPSA) is 90.2 Å². The van der Waals surface area contributed by atoms with Crippen LogP contribution in [0.1, 0.15) is 49.4 Å². The molecule has 2 heterocycles. The minimum atomic E-state index is -1.09. The summed E-state index contributed by atoms with van der Waals surface area (Å²) in [7, 11) is 3.04. The average molecular weight is 457 g/mol. The van der Waals surface area contributed by atoms with Crippen LogP contribution in [0.3, 0.4) is 0 Å². The standard InChI is InChI=1S/C22H33ClN2O6/c1-21(7-4-5-8-21)10-18(24-19(26)16-6-9-30-12-16)20(27)25-11-17(23)13-31-15-22(14-25,28-2)29-3/h6,9,12,17-18H,4-5,7-8,10-11,13-15H2,1-3H3,(H,24,26)/t17-,18+/m1/s1. The molecule has 9 heteroatoms. The van der Waals surface area contributed by atoms with Gasteiger partial charge in [0.2, 0.25) is 11.7 Å². The molecular formula is C22H33ClN2O6. The van der Waals surface area contributed by atoms with E-state index in [4.69, 9.17) is 30.2 Å². The van der Waals surface area contributed by atoms with Crippen molar-refractivity contribution in [2.75, 3.05) is 40.5 Å². The Kier molecular flexibility index (Phi) is 8.02. The molecule has 2 atom stereocenters. The molecule has 0 spiro atoms. The molecule has 0 bridgehead atoms. The molecule has 1 aliphatic carbocycles. The largest absolute Gasteiger partial charge is 0.472 e. The number of alkyl halides is 1. The van der Waals surface area contributed by atoms with Gasteiger partial charge in [0, 0.05) is 20.8 Å². The van der Waals surface area contributed by atoms with Gasteiger partial charge in [-0.05, 0) is 30.7 Å². The number of hydrogen-bond acceptors (Lipinski definition) is 6. The number of rotatable bonds is 7. The maximum Gasteiger partial charge on any atom is 0.255 e. The predicted octanol–water partition coefficient (Wildman–Crippen LogP) is 2.80. The van der Waals surface area contributed by atoms with E-state index in [-0.39, 0.29) is 48.9 Å². The lowest BCUT2D eigenvalue weighted by molar-refractivity contribution is -0.247. The number of nitrogens with zero attached hydrogens (tertiary/aromatic N) is 1. The van der Waals surface area contributed by atoms with Gasteiger partial charge in [-0.15, -0.1) is 11.6 Å². The Morgan fingerprint density at radius 1 is 1.32 bits per heavy atom. The summed E-state index contributed by atoms with van der Waals surface area (Å²) in [6.45, 7) is 3.02. The van der Waals surface area contributed by atoms with E-state index in [1.165, 1.54) is 26.7 Å². The van der Waals surface area contributed by atoms with Crippen molar-refractivity contribution in [3.8, 4) is 0 Å². The van der Waals surface area contributed by atoms with Crippen LogP contribution in [0.15, 0.2) is 23.0 Å². The van der Waals surface area contributed by atoms with E-state index in [1.807, 2.05) is 0 Å². The number of methoxy groups -OCH3 is 2. The number of carbonyl (C=O) groups excluding carboxylic acids is 2. The van der Waals surface area contributed by atoms with Gasteiger partial charge in [-0.1, -0.05) is 19.8 Å². The van der Waals surface area contributed by atoms with Crippen LogP contribution in [0, 0.1) is 5.41 Å². The fraction of sp³-hybridized carbons (Fsp3) is 0.727. The van der Waals surface area contributed by atoms with Crippen molar-refractivity contribution >= 4 is 23.4 Å². The summed E-state index contributed by atoms with van der Waals surface area (Å²) in [6.07, 6.45) is 7.70. The molecule has 1 saturated heterocycles. The van der Waals surface area contributed by atoms with Crippen molar-refractivity contribution in [1.29, 1.82) is 0 Å². The van der Waals surface area contributed by atoms with Gasteiger partial charge in [0.05, 0.1) is 30.4 Å². The van der Waals surface area contributed by atoms with Gasteiger partial charge in [0.15, 0.2) is 0 Å². The van der Waals surface area contributed by atoms with Gasteiger partial charge in [-0.25, -0.2) is 0 Å². The molecule has 1 aliphatic heterocycles. The number of ether oxygens (including phenoxy) is 3. The second-order valence-electron chi connectivity index (χ2n) is 8.91. The Morgan fingerprint density at radius 2 is 2.03 bits per heavy atom. The van der Waals surface area contributed by atoms with E-state index in [0.29, 0.717) is 12.0 Å². The molecule has 8 nitrogen and oxygen atoms in total. The molecule has 0 radical (unpaired) electrons. The highest BCUT2D eigenvalue weighted by atomic mass is 35.5. The minimum Gasteiger partial charge on any atom is -0.472 e. The van der Waals surface area contributed by atoms with Crippen LogP contribution in [0.5, 0.6) is 0 Å². The van der Waals surface area contributed by atoms with Crippen molar-refractivity contribution in [3.63, 3.8) is 0 Å². The van der Waals surface area contributed by atoms with Crippen LogP contribution in [-0.4, -0.2) is 74.4 Å². The lowest BCUT2D eigenvalue weighted by Crippen LogP contribution is -2.59. The van der Waals surface area contributed by atoms with Crippen molar-refractivity contribution in [3.05, 3.63) is 24.2 Å². The summed E-state index contributed by atoms with van der Waals surface area (Å²) in [6, 6.07) is 0.887. The molecule has 31 heavy (non-hydrogen) atoms. The van der Waals surface area contributed by atoms with Crippen molar-refractivity contribution in [2.24, 2.45) is 5.41 Å². The number of halogens is 1. The zero-order valence-corrected chi connectivity index (χ0v) is 19.3. The van der Waals surface area contributed by atoms with Crippen LogP contribution >= 0.6 is 11.6 Å². The first-order chi connectivity index (χ1) is 14.8. The Balaban J connectivity index is 1.83. The van der Waals surface area contributed by atoms with Crippen LogP contribution in [0.2, 0.25) is 0 Å². The van der Waals surface area contributed by atoms with E-state index in [9.17, 15) is 9.59 Å². The monoisotopic (exact) mass is 456 g/mol. The first-order valence-corrected chi connectivity index (χ1v) is 11.2. The summed E-state index contributed by atoms with van der Waals surface area (Å²) in [5, 5.41) is 2.56. The van der Waals surface area contributed by atoms with Gasteiger partial charge in [0.25, 0.3) is 5.91 Å². The third kappa shape index (κ3) is 6.00. The first kappa shape index (κ1) is 24.0. The second-order valence-corrected chi connectivity index (χ2v) is 9.53. The smallest absolute Gasteiger partial charge is 0.255 e. The third-order valence-electron chi connectivity index (χ3n) is 6.42. The Hall–Kier alpha value is -1.61. The van der Waals surface area contributed by atoms with Crippen LogP contribution in [0.4, 0.5) is 0 Å². The van der Waals surface area contributed by atoms with Crippen molar-refractivity contribution < 1.29 is 28.2 Å². The van der Waals surface area contributed by atoms with E-state index in [2.05, 4.69) is 12.2 Å². The minimum absolute atomic E-state index is 0.00415. The Bertz CT molecular complexity index is 730. The van der Waals surface area contributed by atoms with E-state index < -0.39 is 11.8 Å². The SMILES string of the molecule is COC1(OC)COC[C@H](Cl)CN(C(=O)[C@H](CC2(C)CCCC2)NC(=O)c2ccoc2)C1. The molecule has 0 aromatic carbocycles. The Morgan fingerprint density at radius 3 is 2.65 bits per heavy atom. The lowest BCUT2D eigenvalue weighted by Gasteiger charge is -2.40. The highest BCUT2D eigenvalue weighted by Crippen LogP contribution is 2.41. The van der Waals surface area contributed by atoms with Crippen LogP contribution < -0.4 is 5.32 Å². The van der Waals surface area contributed by atoms with Gasteiger partial charge >= 0.3 is 0 Å². The molecule has 1 aromatic rings. The summed E-state index contributed by atoms with van der Waals surface area (Å²) in [4.78, 5) is 28.1. The molecule has 174 valence electrons. The van der Waals surface area contributed by atoms with Gasteiger partial charge < -0.3 is 28.8 Å². The predicted molar refractivity (Wildman–Crippen MR) is 115 cm³/mol. The molecule has 2 fully saturated rings. The molecular weight excluding hydrogens is 424 g/mol. The number of amides is 2. The van der Waals surface area contributed by atoms with Crippen LogP contribution in [-0.2, 0) is 19.0 Å². The third-order valence-corrected chi connectivity index (χ3v) is 6.68. The quantitative estimate of drug-likeness (QED) is 0.501. The number of furan rings is 1. The summed E-state index contributed by atoms with van der Waals surface area (Å²) >= 11 is 6.40. The maximum absolute atomic E-state index is 13.7. The summed E-state index contributed by atoms with van der Waals surface area (Å²) in [5.74, 6) is -1.63. The molecule has 1 N–H and O–H groups in total. The highest BCUT2D eigenvalue weighted by molar-refractivity contribution is 6.21. The molecule has 2 amide bonds. The molecule has 2 aliphatic rings. The van der Waals surface area contributed by atoms with E-state index in [0.717, 1.165) is 25.7 Å². The Labute approximate surface area is 188 Å². The van der Waals surface area contributed by atoms with Gasteiger partial charge in [-0.3, -0.25) is 9.59 Å². The average Bonchev–Trinajstić information content (AvgIpc) is 3.42. The zero-order valence-electron chi connectivity index (χ0n) is 18.5. The molecule has 0 unspecified atom stereocenters. The lowest BCUT2D eigenvalue weighted by atomic mass is 9.81. The summed E-state index contributed by atoms with van der Waals surface area (Å²) < 4.78 is 21.8. The normalized spacial score (nSPS) is 24.3. The first-order valence-electron chi connectivity index (χ1n) is 10.7. The number of nitrogens with one attached hydrogen (secondary N) is 1. The maximum atomic E-state index is 13.7. The van der Waals surface area contributed by atoms with Crippen molar-refractivity contribution in [2.45, 2.75) is 56.2 Å². The van der Waals surface area contributed by atoms with E-state index in [1.54, 1.807) is 11.0 Å². The zero-order chi connectivity index (χ0) is 22.5.